The van der Waals surface area contributed by atoms with Crippen LogP contribution in [0, 0.1) is 5.92 Å². The zero-order valence-corrected chi connectivity index (χ0v) is 11.2. The predicted molar refractivity (Wildman–Crippen MR) is 68.7 cm³/mol. The van der Waals surface area contributed by atoms with E-state index in [0.29, 0.717) is 5.92 Å². The lowest BCUT2D eigenvalue weighted by molar-refractivity contribution is 0.223. The van der Waals surface area contributed by atoms with Crippen molar-refractivity contribution in [3.63, 3.8) is 0 Å². The molecule has 0 spiro atoms. The number of nitrogens with one attached hydrogen (secondary N) is 1. The predicted octanol–water partition coefficient (Wildman–Crippen LogP) is 2.20. The van der Waals surface area contributed by atoms with Crippen molar-refractivity contribution in [3.8, 4) is 0 Å². The number of nitrogens with zero attached hydrogens (tertiary/aromatic N) is 1. The second kappa shape index (κ2) is 6.99. The van der Waals surface area contributed by atoms with Crippen molar-refractivity contribution in [2.45, 2.75) is 46.2 Å². The van der Waals surface area contributed by atoms with E-state index in [9.17, 15) is 5.11 Å². The van der Waals surface area contributed by atoms with Crippen LogP contribution in [0.15, 0.2) is 5.38 Å². The van der Waals surface area contributed by atoms with E-state index in [1.165, 1.54) is 5.01 Å². The van der Waals surface area contributed by atoms with Gasteiger partial charge in [-0.1, -0.05) is 20.8 Å². The Hall–Kier alpha value is -0.450. The van der Waals surface area contributed by atoms with Crippen LogP contribution in [0.25, 0.3) is 0 Å². The molecule has 0 radical (unpaired) electrons. The molecular formula is C12H22N2OS. The van der Waals surface area contributed by atoms with Crippen molar-refractivity contribution in [2.75, 3.05) is 6.61 Å². The molecule has 0 fully saturated rings. The number of aliphatic hydroxyl groups excluding tert-OH is 1. The monoisotopic (exact) mass is 242 g/mol. The molecule has 0 aliphatic carbocycles. The minimum absolute atomic E-state index is 0.187. The van der Waals surface area contributed by atoms with Crippen molar-refractivity contribution in [1.29, 1.82) is 0 Å². The zero-order chi connectivity index (χ0) is 12.0. The number of thiazole rings is 1. The maximum absolute atomic E-state index is 9.22. The fourth-order valence-corrected chi connectivity index (χ4v) is 2.38. The Morgan fingerprint density at radius 1 is 1.50 bits per heavy atom. The highest BCUT2D eigenvalue weighted by molar-refractivity contribution is 7.09. The largest absolute Gasteiger partial charge is 0.395 e. The Balaban J connectivity index is 2.36. The van der Waals surface area contributed by atoms with Gasteiger partial charge >= 0.3 is 0 Å². The molecular weight excluding hydrogens is 220 g/mol. The van der Waals surface area contributed by atoms with E-state index in [4.69, 9.17) is 0 Å². The second-order valence-electron chi connectivity index (χ2n) is 4.48. The molecule has 0 saturated heterocycles. The first-order valence-corrected chi connectivity index (χ1v) is 6.81. The fraction of sp³-hybridized carbons (Fsp3) is 0.750. The molecule has 1 rings (SSSR count). The zero-order valence-electron chi connectivity index (χ0n) is 10.4. The smallest absolute Gasteiger partial charge is 0.0926 e. The van der Waals surface area contributed by atoms with E-state index in [1.807, 2.05) is 0 Å². The minimum Gasteiger partial charge on any atom is -0.395 e. The van der Waals surface area contributed by atoms with Crippen molar-refractivity contribution in [1.82, 2.24) is 10.3 Å². The van der Waals surface area contributed by atoms with E-state index in [1.54, 1.807) is 11.3 Å². The number of rotatable bonds is 7. The number of aryl methyl sites for hydroxylation is 1. The molecule has 1 heterocycles. The number of aromatic nitrogens is 1. The molecule has 1 aromatic rings. The molecule has 0 bridgehead atoms. The summed E-state index contributed by atoms with van der Waals surface area (Å²) in [6.07, 6.45) is 2.00. The molecule has 0 aliphatic rings. The van der Waals surface area contributed by atoms with Crippen LogP contribution in [0.5, 0.6) is 0 Å². The molecule has 1 atom stereocenters. The van der Waals surface area contributed by atoms with Gasteiger partial charge in [0.1, 0.15) is 0 Å². The van der Waals surface area contributed by atoms with Crippen molar-refractivity contribution in [3.05, 3.63) is 16.1 Å². The van der Waals surface area contributed by atoms with Gasteiger partial charge in [0, 0.05) is 18.0 Å². The Bertz CT molecular complexity index is 299. The molecule has 92 valence electrons. The van der Waals surface area contributed by atoms with Crippen LogP contribution in [0.2, 0.25) is 0 Å². The first kappa shape index (κ1) is 13.6. The summed E-state index contributed by atoms with van der Waals surface area (Å²) in [5.41, 5.74) is 1.09. The second-order valence-corrected chi connectivity index (χ2v) is 5.42. The van der Waals surface area contributed by atoms with Crippen LogP contribution in [-0.4, -0.2) is 22.7 Å². The summed E-state index contributed by atoms with van der Waals surface area (Å²) >= 11 is 1.71. The molecule has 0 amide bonds. The summed E-state index contributed by atoms with van der Waals surface area (Å²) in [6.45, 7) is 7.41. The number of hydrogen-bond donors (Lipinski definition) is 2. The summed E-state index contributed by atoms with van der Waals surface area (Å²) < 4.78 is 0. The van der Waals surface area contributed by atoms with Gasteiger partial charge in [-0.15, -0.1) is 11.3 Å². The van der Waals surface area contributed by atoms with Crippen molar-refractivity contribution >= 4 is 11.3 Å². The highest BCUT2D eigenvalue weighted by Gasteiger charge is 2.09. The van der Waals surface area contributed by atoms with Crippen molar-refractivity contribution in [2.24, 2.45) is 5.92 Å². The Morgan fingerprint density at radius 3 is 2.75 bits per heavy atom. The van der Waals surface area contributed by atoms with Gasteiger partial charge < -0.3 is 10.4 Å². The summed E-state index contributed by atoms with van der Waals surface area (Å²) in [6, 6.07) is 0.187. The van der Waals surface area contributed by atoms with Crippen LogP contribution < -0.4 is 5.32 Å². The molecule has 1 unspecified atom stereocenters. The highest BCUT2D eigenvalue weighted by atomic mass is 32.1. The van der Waals surface area contributed by atoms with Crippen LogP contribution in [0.4, 0.5) is 0 Å². The van der Waals surface area contributed by atoms with E-state index < -0.39 is 0 Å². The molecule has 0 saturated carbocycles. The molecule has 16 heavy (non-hydrogen) atoms. The quantitative estimate of drug-likeness (QED) is 0.770. The lowest BCUT2D eigenvalue weighted by atomic mass is 10.0. The Kier molecular flexibility index (Phi) is 5.95. The molecule has 1 aromatic heterocycles. The summed E-state index contributed by atoms with van der Waals surface area (Å²) in [5, 5.41) is 15.8. The number of hydrogen-bond acceptors (Lipinski definition) is 4. The lowest BCUT2D eigenvalue weighted by Crippen LogP contribution is -2.33. The standard InChI is InChI=1S/C12H22N2OS/c1-4-12-14-11(8-16-12)6-13-10(7-15)5-9(2)3/h8-10,13,15H,4-7H2,1-3H3. The van der Waals surface area contributed by atoms with Gasteiger partial charge in [-0.25, -0.2) is 4.98 Å². The molecule has 2 N–H and O–H groups in total. The summed E-state index contributed by atoms with van der Waals surface area (Å²) in [5.74, 6) is 0.603. The van der Waals surface area contributed by atoms with E-state index in [0.717, 1.165) is 25.1 Å². The lowest BCUT2D eigenvalue weighted by Gasteiger charge is -2.17. The summed E-state index contributed by atoms with van der Waals surface area (Å²) in [7, 11) is 0. The minimum atomic E-state index is 0.187. The maximum Gasteiger partial charge on any atom is 0.0926 e. The van der Waals surface area contributed by atoms with Crippen LogP contribution in [0.1, 0.15) is 37.9 Å². The SMILES string of the molecule is CCc1nc(CNC(CO)CC(C)C)cs1. The molecule has 4 heteroatoms. The van der Waals surface area contributed by atoms with Gasteiger partial charge in [0.15, 0.2) is 0 Å². The van der Waals surface area contributed by atoms with Crippen LogP contribution in [-0.2, 0) is 13.0 Å². The van der Waals surface area contributed by atoms with E-state index in [-0.39, 0.29) is 12.6 Å². The summed E-state index contributed by atoms with van der Waals surface area (Å²) in [4.78, 5) is 4.49. The average Bonchev–Trinajstić information content (AvgIpc) is 2.71. The Labute approximate surface area is 102 Å². The van der Waals surface area contributed by atoms with Gasteiger partial charge in [-0.2, -0.15) is 0 Å². The first-order valence-electron chi connectivity index (χ1n) is 5.93. The van der Waals surface area contributed by atoms with Gasteiger partial charge in [0.2, 0.25) is 0 Å². The van der Waals surface area contributed by atoms with Gasteiger partial charge in [0.05, 0.1) is 17.3 Å². The van der Waals surface area contributed by atoms with Gasteiger partial charge in [-0.05, 0) is 18.8 Å². The topological polar surface area (TPSA) is 45.2 Å². The fourth-order valence-electron chi connectivity index (χ4n) is 1.63. The first-order chi connectivity index (χ1) is 7.65. The van der Waals surface area contributed by atoms with E-state index >= 15 is 0 Å². The average molecular weight is 242 g/mol. The molecule has 0 aromatic carbocycles. The van der Waals surface area contributed by atoms with Gasteiger partial charge in [-0.3, -0.25) is 0 Å². The highest BCUT2D eigenvalue weighted by Crippen LogP contribution is 2.11. The normalized spacial score (nSPS) is 13.3. The maximum atomic E-state index is 9.22. The number of aliphatic hydroxyl groups is 1. The Morgan fingerprint density at radius 2 is 2.25 bits per heavy atom. The van der Waals surface area contributed by atoms with E-state index in [2.05, 4.69) is 36.5 Å². The third-order valence-corrected chi connectivity index (χ3v) is 3.49. The third-order valence-electron chi connectivity index (χ3n) is 2.45. The molecule has 0 aliphatic heterocycles. The van der Waals surface area contributed by atoms with Crippen LogP contribution >= 0.6 is 11.3 Å². The molecule has 3 nitrogen and oxygen atoms in total. The van der Waals surface area contributed by atoms with Crippen LogP contribution in [0.3, 0.4) is 0 Å². The van der Waals surface area contributed by atoms with Gasteiger partial charge in [0.25, 0.3) is 0 Å². The third kappa shape index (κ3) is 4.60. The van der Waals surface area contributed by atoms with Crippen molar-refractivity contribution < 1.29 is 5.11 Å².